The number of benzene rings is 1. The lowest BCUT2D eigenvalue weighted by atomic mass is 10.0. The molecule has 118 valence electrons. The third-order valence-corrected chi connectivity index (χ3v) is 3.32. The third kappa shape index (κ3) is 4.93. The molecule has 2 atom stereocenters. The Kier molecular flexibility index (Phi) is 6.49. The van der Waals surface area contributed by atoms with Crippen molar-refractivity contribution in [1.29, 1.82) is 0 Å². The summed E-state index contributed by atoms with van der Waals surface area (Å²) in [7, 11) is 3.21. The van der Waals surface area contributed by atoms with Crippen molar-refractivity contribution < 1.29 is 14.3 Å². The molecular formula is C16H26N2O3. The first-order valence-electron chi connectivity index (χ1n) is 7.16. The van der Waals surface area contributed by atoms with Gasteiger partial charge in [-0.15, -0.1) is 0 Å². The summed E-state index contributed by atoms with van der Waals surface area (Å²) in [6, 6.07) is 4.80. The van der Waals surface area contributed by atoms with E-state index in [-0.39, 0.29) is 11.9 Å². The summed E-state index contributed by atoms with van der Waals surface area (Å²) in [6.45, 7) is 5.99. The maximum absolute atomic E-state index is 12.1. The van der Waals surface area contributed by atoms with E-state index < -0.39 is 6.04 Å². The summed E-state index contributed by atoms with van der Waals surface area (Å²) in [5.41, 5.74) is 6.77. The van der Waals surface area contributed by atoms with Crippen LogP contribution in [0.2, 0.25) is 0 Å². The minimum atomic E-state index is -0.496. The Morgan fingerprint density at radius 3 is 2.43 bits per heavy atom. The van der Waals surface area contributed by atoms with Crippen molar-refractivity contribution >= 4 is 5.91 Å². The smallest absolute Gasteiger partial charge is 0.237 e. The SMILES string of the molecule is COc1ccc(OC)c(C(C)NC(=O)[C@@H](N)CC(C)C)c1. The van der Waals surface area contributed by atoms with Gasteiger partial charge in [-0.05, 0) is 37.5 Å². The van der Waals surface area contributed by atoms with Crippen molar-refractivity contribution in [2.24, 2.45) is 11.7 Å². The van der Waals surface area contributed by atoms with Gasteiger partial charge in [0.05, 0.1) is 26.3 Å². The summed E-state index contributed by atoms with van der Waals surface area (Å²) >= 11 is 0. The number of carbonyl (C=O) groups is 1. The van der Waals surface area contributed by atoms with Crippen molar-refractivity contribution in [3.05, 3.63) is 23.8 Å². The molecule has 0 bridgehead atoms. The van der Waals surface area contributed by atoms with E-state index in [0.717, 1.165) is 11.3 Å². The maximum atomic E-state index is 12.1. The van der Waals surface area contributed by atoms with Gasteiger partial charge in [0.15, 0.2) is 0 Å². The average Bonchev–Trinajstić information content (AvgIpc) is 2.45. The molecule has 3 N–H and O–H groups in total. The third-order valence-electron chi connectivity index (χ3n) is 3.32. The van der Waals surface area contributed by atoms with Gasteiger partial charge < -0.3 is 20.5 Å². The van der Waals surface area contributed by atoms with Crippen LogP contribution >= 0.6 is 0 Å². The van der Waals surface area contributed by atoms with Crippen molar-refractivity contribution in [1.82, 2.24) is 5.32 Å². The van der Waals surface area contributed by atoms with Crippen LogP contribution in [0.25, 0.3) is 0 Å². The van der Waals surface area contributed by atoms with E-state index in [2.05, 4.69) is 5.32 Å². The number of carbonyl (C=O) groups excluding carboxylic acids is 1. The lowest BCUT2D eigenvalue weighted by Crippen LogP contribution is -2.42. The largest absolute Gasteiger partial charge is 0.497 e. The number of amides is 1. The van der Waals surface area contributed by atoms with E-state index in [1.807, 2.05) is 39.0 Å². The average molecular weight is 294 g/mol. The molecule has 5 heteroatoms. The minimum Gasteiger partial charge on any atom is -0.497 e. The fraction of sp³-hybridized carbons (Fsp3) is 0.562. The van der Waals surface area contributed by atoms with Crippen molar-refractivity contribution in [3.8, 4) is 11.5 Å². The second-order valence-corrected chi connectivity index (χ2v) is 5.57. The highest BCUT2D eigenvalue weighted by atomic mass is 16.5. The summed E-state index contributed by atoms with van der Waals surface area (Å²) in [5.74, 6) is 1.66. The number of nitrogens with two attached hydrogens (primary N) is 1. The van der Waals surface area contributed by atoms with Crippen LogP contribution in [0.1, 0.15) is 38.8 Å². The summed E-state index contributed by atoms with van der Waals surface area (Å²) in [6.07, 6.45) is 0.661. The molecule has 0 radical (unpaired) electrons. The monoisotopic (exact) mass is 294 g/mol. The Labute approximate surface area is 126 Å². The molecule has 0 aliphatic heterocycles. The Bertz CT molecular complexity index is 475. The van der Waals surface area contributed by atoms with Crippen LogP contribution in [0.4, 0.5) is 0 Å². The molecule has 1 aromatic rings. The van der Waals surface area contributed by atoms with E-state index in [9.17, 15) is 4.79 Å². The molecule has 0 aliphatic carbocycles. The fourth-order valence-electron chi connectivity index (χ4n) is 2.19. The molecule has 0 saturated heterocycles. The van der Waals surface area contributed by atoms with Gasteiger partial charge in [-0.25, -0.2) is 0 Å². The van der Waals surface area contributed by atoms with E-state index in [1.54, 1.807) is 14.2 Å². The van der Waals surface area contributed by atoms with Gasteiger partial charge in [-0.2, -0.15) is 0 Å². The number of nitrogens with one attached hydrogen (secondary N) is 1. The van der Waals surface area contributed by atoms with Gasteiger partial charge in [-0.1, -0.05) is 13.8 Å². The number of hydrogen-bond donors (Lipinski definition) is 2. The van der Waals surface area contributed by atoms with Crippen LogP contribution < -0.4 is 20.5 Å². The first-order chi connectivity index (χ1) is 9.88. The van der Waals surface area contributed by atoms with Crippen LogP contribution in [0.15, 0.2) is 18.2 Å². The molecule has 1 amide bonds. The predicted octanol–water partition coefficient (Wildman–Crippen LogP) is 2.25. The Hall–Kier alpha value is -1.75. The molecule has 0 heterocycles. The highest BCUT2D eigenvalue weighted by molar-refractivity contribution is 5.82. The molecule has 5 nitrogen and oxygen atoms in total. The zero-order valence-corrected chi connectivity index (χ0v) is 13.5. The molecule has 1 aromatic carbocycles. The highest BCUT2D eigenvalue weighted by Gasteiger charge is 2.20. The molecule has 0 fully saturated rings. The van der Waals surface area contributed by atoms with E-state index in [0.29, 0.717) is 18.1 Å². The van der Waals surface area contributed by atoms with Gasteiger partial charge in [0.25, 0.3) is 0 Å². The Morgan fingerprint density at radius 2 is 1.90 bits per heavy atom. The summed E-state index contributed by atoms with van der Waals surface area (Å²) < 4.78 is 10.6. The number of rotatable bonds is 7. The quantitative estimate of drug-likeness (QED) is 0.809. The minimum absolute atomic E-state index is 0.152. The van der Waals surface area contributed by atoms with Gasteiger partial charge in [0.2, 0.25) is 5.91 Å². The standard InChI is InChI=1S/C16H26N2O3/c1-10(2)8-14(17)16(19)18-11(3)13-9-12(20-4)6-7-15(13)21-5/h6-7,9-11,14H,8,17H2,1-5H3,(H,18,19)/t11?,14-/m0/s1. The first kappa shape index (κ1) is 17.3. The summed E-state index contributed by atoms with van der Waals surface area (Å²) in [4.78, 5) is 12.1. The van der Waals surface area contributed by atoms with Crippen molar-refractivity contribution in [2.45, 2.75) is 39.3 Å². The van der Waals surface area contributed by atoms with E-state index >= 15 is 0 Å². The Morgan fingerprint density at radius 1 is 1.24 bits per heavy atom. The van der Waals surface area contributed by atoms with Crippen LogP contribution in [0.3, 0.4) is 0 Å². The van der Waals surface area contributed by atoms with Crippen LogP contribution in [-0.4, -0.2) is 26.2 Å². The Balaban J connectivity index is 2.83. The lowest BCUT2D eigenvalue weighted by Gasteiger charge is -2.21. The lowest BCUT2D eigenvalue weighted by molar-refractivity contribution is -0.123. The predicted molar refractivity (Wildman–Crippen MR) is 83.5 cm³/mol. The number of methoxy groups -OCH3 is 2. The normalized spacial score (nSPS) is 13.7. The van der Waals surface area contributed by atoms with Gasteiger partial charge in [-0.3, -0.25) is 4.79 Å². The maximum Gasteiger partial charge on any atom is 0.237 e. The van der Waals surface area contributed by atoms with Crippen molar-refractivity contribution in [2.75, 3.05) is 14.2 Å². The summed E-state index contributed by atoms with van der Waals surface area (Å²) in [5, 5.41) is 2.93. The van der Waals surface area contributed by atoms with Crippen LogP contribution in [0.5, 0.6) is 11.5 Å². The fourth-order valence-corrected chi connectivity index (χ4v) is 2.19. The second kappa shape index (κ2) is 7.88. The van der Waals surface area contributed by atoms with Crippen molar-refractivity contribution in [3.63, 3.8) is 0 Å². The molecule has 0 aromatic heterocycles. The highest BCUT2D eigenvalue weighted by Crippen LogP contribution is 2.29. The molecule has 0 saturated carbocycles. The first-order valence-corrected chi connectivity index (χ1v) is 7.16. The molecule has 0 aliphatic rings. The van der Waals surface area contributed by atoms with Gasteiger partial charge >= 0.3 is 0 Å². The van der Waals surface area contributed by atoms with E-state index in [4.69, 9.17) is 15.2 Å². The van der Waals surface area contributed by atoms with Gasteiger partial charge in [0, 0.05) is 5.56 Å². The van der Waals surface area contributed by atoms with E-state index in [1.165, 1.54) is 0 Å². The zero-order chi connectivity index (χ0) is 16.0. The zero-order valence-electron chi connectivity index (χ0n) is 13.5. The van der Waals surface area contributed by atoms with Crippen LogP contribution in [-0.2, 0) is 4.79 Å². The molecular weight excluding hydrogens is 268 g/mol. The molecule has 1 rings (SSSR count). The number of ether oxygens (including phenoxy) is 2. The molecule has 21 heavy (non-hydrogen) atoms. The number of hydrogen-bond acceptors (Lipinski definition) is 4. The molecule has 1 unspecified atom stereocenters. The topological polar surface area (TPSA) is 73.6 Å². The van der Waals surface area contributed by atoms with Gasteiger partial charge in [0.1, 0.15) is 11.5 Å². The second-order valence-electron chi connectivity index (χ2n) is 5.57. The van der Waals surface area contributed by atoms with Crippen LogP contribution in [0, 0.1) is 5.92 Å². The molecule has 0 spiro atoms.